The van der Waals surface area contributed by atoms with Crippen LogP contribution < -0.4 is 0 Å². The van der Waals surface area contributed by atoms with Gasteiger partial charge in [-0.05, 0) is 6.42 Å². The molecule has 104 valence electrons. The number of nitrogens with zero attached hydrogens (tertiary/aromatic N) is 1. The zero-order valence-corrected chi connectivity index (χ0v) is 12.7. The summed E-state index contributed by atoms with van der Waals surface area (Å²) in [4.78, 5) is 22.3. The normalized spacial score (nSPS) is 14.7. The number of sulfone groups is 1. The number of carbonyl (C=O) groups is 1. The summed E-state index contributed by atoms with van der Waals surface area (Å²) in [5, 5.41) is 10.7. The van der Waals surface area contributed by atoms with Crippen molar-refractivity contribution in [2.45, 2.75) is 17.0 Å². The highest BCUT2D eigenvalue weighted by atomic mass is 79.9. The number of non-ortho nitro benzene ring substituents is 1. The van der Waals surface area contributed by atoms with Crippen molar-refractivity contribution in [1.29, 1.82) is 0 Å². The van der Waals surface area contributed by atoms with Gasteiger partial charge < -0.3 is 0 Å². The van der Waals surface area contributed by atoms with Gasteiger partial charge in [0.1, 0.15) is 0 Å². The van der Waals surface area contributed by atoms with Crippen molar-refractivity contribution in [1.82, 2.24) is 0 Å². The molecule has 0 fully saturated rings. The second-order valence-electron chi connectivity index (χ2n) is 3.99. The zero-order valence-electron chi connectivity index (χ0n) is 10.3. The van der Waals surface area contributed by atoms with E-state index in [0.717, 1.165) is 12.3 Å². The van der Waals surface area contributed by atoms with Gasteiger partial charge in [-0.25, -0.2) is 8.42 Å². The molecule has 0 bridgehead atoms. The average molecular weight is 350 g/mol. The first-order valence-electron chi connectivity index (χ1n) is 5.31. The van der Waals surface area contributed by atoms with E-state index < -0.39 is 24.2 Å². The van der Waals surface area contributed by atoms with Crippen molar-refractivity contribution in [2.24, 2.45) is 0 Å². The third-order valence-electron chi connectivity index (χ3n) is 2.70. The van der Waals surface area contributed by atoms with E-state index in [-0.39, 0.29) is 17.7 Å². The SMILES string of the molecule is CC[C@@](Br)(C(=O)c1cccc([N+](=O)[O-])c1)S(C)(=O)=O. The fourth-order valence-corrected chi connectivity index (χ4v) is 2.78. The van der Waals surface area contributed by atoms with Crippen LogP contribution in [0.25, 0.3) is 0 Å². The number of rotatable bonds is 5. The van der Waals surface area contributed by atoms with Crippen LogP contribution in [-0.2, 0) is 9.84 Å². The van der Waals surface area contributed by atoms with Crippen LogP contribution in [-0.4, -0.2) is 29.0 Å². The first kappa shape index (κ1) is 15.8. The summed E-state index contributed by atoms with van der Waals surface area (Å²) in [6, 6.07) is 5.00. The van der Waals surface area contributed by atoms with E-state index in [4.69, 9.17) is 0 Å². The lowest BCUT2D eigenvalue weighted by Gasteiger charge is -2.22. The number of hydrogen-bond donors (Lipinski definition) is 0. The van der Waals surface area contributed by atoms with Crippen molar-refractivity contribution in [3.05, 3.63) is 39.9 Å². The second-order valence-corrected chi connectivity index (χ2v) is 8.11. The third kappa shape index (κ3) is 3.01. The number of benzene rings is 1. The molecular weight excluding hydrogens is 338 g/mol. The van der Waals surface area contributed by atoms with Gasteiger partial charge >= 0.3 is 0 Å². The van der Waals surface area contributed by atoms with Crippen LogP contribution in [0.5, 0.6) is 0 Å². The summed E-state index contributed by atoms with van der Waals surface area (Å²) >= 11 is 2.96. The summed E-state index contributed by atoms with van der Waals surface area (Å²) in [6.45, 7) is 1.55. The summed E-state index contributed by atoms with van der Waals surface area (Å²) < 4.78 is 21.7. The molecule has 0 N–H and O–H groups in total. The van der Waals surface area contributed by atoms with Gasteiger partial charge in [0.15, 0.2) is 19.3 Å². The van der Waals surface area contributed by atoms with Crippen molar-refractivity contribution in [3.63, 3.8) is 0 Å². The largest absolute Gasteiger partial charge is 0.291 e. The number of carbonyl (C=O) groups excluding carboxylic acids is 1. The van der Waals surface area contributed by atoms with Gasteiger partial charge in [0.2, 0.25) is 0 Å². The number of Topliss-reactive ketones (excluding diaryl/α,β-unsaturated/α-hetero) is 1. The van der Waals surface area contributed by atoms with E-state index in [1.165, 1.54) is 18.2 Å². The van der Waals surface area contributed by atoms with Gasteiger partial charge in [0, 0.05) is 24.0 Å². The molecule has 0 spiro atoms. The predicted octanol–water partition coefficient (Wildman–Crippen LogP) is 2.32. The Morgan fingerprint density at radius 3 is 2.47 bits per heavy atom. The number of halogens is 1. The number of hydrogen-bond acceptors (Lipinski definition) is 5. The molecule has 0 aliphatic carbocycles. The minimum absolute atomic E-state index is 0.0154. The Morgan fingerprint density at radius 2 is 2.05 bits per heavy atom. The molecule has 0 aromatic heterocycles. The lowest BCUT2D eigenvalue weighted by molar-refractivity contribution is -0.384. The molecule has 0 aliphatic rings. The standard InChI is InChI=1S/C11H12BrNO5S/c1-3-11(12,19(2,17)18)10(14)8-5-4-6-9(7-8)13(15)16/h4-7H,3H2,1-2H3/t11-/m0/s1. The fraction of sp³-hybridized carbons (Fsp3) is 0.364. The lowest BCUT2D eigenvalue weighted by Crippen LogP contribution is -2.39. The molecule has 0 amide bonds. The van der Waals surface area contributed by atoms with E-state index in [1.807, 2.05) is 0 Å². The number of nitro groups is 1. The molecule has 0 radical (unpaired) electrons. The molecule has 0 saturated heterocycles. The lowest BCUT2D eigenvalue weighted by atomic mass is 10.1. The summed E-state index contributed by atoms with van der Waals surface area (Å²) in [5.41, 5.74) is -0.274. The Balaban J connectivity index is 3.34. The minimum Gasteiger partial charge on any atom is -0.291 e. The van der Waals surface area contributed by atoms with Crippen LogP contribution in [0, 0.1) is 10.1 Å². The maximum Gasteiger partial charge on any atom is 0.270 e. The van der Waals surface area contributed by atoms with Crippen LogP contribution in [0.3, 0.4) is 0 Å². The zero-order chi connectivity index (χ0) is 14.8. The molecule has 1 aromatic rings. The van der Waals surface area contributed by atoms with E-state index in [1.54, 1.807) is 6.92 Å². The summed E-state index contributed by atoms with van der Waals surface area (Å²) in [5.74, 6) is -0.707. The molecule has 8 heteroatoms. The van der Waals surface area contributed by atoms with Crippen LogP contribution in [0.15, 0.2) is 24.3 Å². The van der Waals surface area contributed by atoms with Gasteiger partial charge in [0.05, 0.1) is 4.92 Å². The van der Waals surface area contributed by atoms with Crippen LogP contribution >= 0.6 is 15.9 Å². The van der Waals surface area contributed by atoms with Gasteiger partial charge in [-0.15, -0.1) is 0 Å². The molecule has 1 rings (SSSR count). The Bertz CT molecular complexity index is 628. The van der Waals surface area contributed by atoms with E-state index in [2.05, 4.69) is 15.9 Å². The number of ketones is 1. The average Bonchev–Trinajstić information content (AvgIpc) is 2.35. The smallest absolute Gasteiger partial charge is 0.270 e. The predicted molar refractivity (Wildman–Crippen MR) is 74.2 cm³/mol. The molecular formula is C11H12BrNO5S. The molecule has 0 unspecified atom stereocenters. The summed E-state index contributed by atoms with van der Waals surface area (Å²) in [7, 11) is -3.70. The first-order valence-corrected chi connectivity index (χ1v) is 7.99. The molecule has 0 saturated carbocycles. The van der Waals surface area contributed by atoms with Crippen molar-refractivity contribution in [3.8, 4) is 0 Å². The topological polar surface area (TPSA) is 94.3 Å². The highest BCUT2D eigenvalue weighted by molar-refractivity contribution is 9.12. The highest BCUT2D eigenvalue weighted by Gasteiger charge is 2.44. The van der Waals surface area contributed by atoms with Crippen molar-refractivity contribution in [2.75, 3.05) is 6.26 Å². The van der Waals surface area contributed by atoms with Crippen LogP contribution in [0.1, 0.15) is 23.7 Å². The molecule has 0 aliphatic heterocycles. The molecule has 0 heterocycles. The molecule has 1 atom stereocenters. The molecule has 19 heavy (non-hydrogen) atoms. The van der Waals surface area contributed by atoms with Gasteiger partial charge in [-0.3, -0.25) is 14.9 Å². The monoisotopic (exact) mass is 349 g/mol. The van der Waals surface area contributed by atoms with E-state index >= 15 is 0 Å². The molecule has 1 aromatic carbocycles. The molecule has 6 nitrogen and oxygen atoms in total. The highest BCUT2D eigenvalue weighted by Crippen LogP contribution is 2.33. The maximum atomic E-state index is 12.3. The van der Waals surface area contributed by atoms with E-state index in [9.17, 15) is 23.3 Å². The summed E-state index contributed by atoms with van der Waals surface area (Å²) in [6.07, 6.45) is 0.966. The van der Waals surface area contributed by atoms with Crippen LogP contribution in [0.4, 0.5) is 5.69 Å². The number of alkyl halides is 1. The Hall–Kier alpha value is -1.28. The third-order valence-corrected chi connectivity index (χ3v) is 7.04. The Kier molecular flexibility index (Phi) is 4.46. The second kappa shape index (κ2) is 5.38. The Labute approximate surface area is 119 Å². The van der Waals surface area contributed by atoms with Crippen LogP contribution in [0.2, 0.25) is 0 Å². The first-order chi connectivity index (χ1) is 8.63. The van der Waals surface area contributed by atoms with Gasteiger partial charge in [-0.2, -0.15) is 0 Å². The fourth-order valence-electron chi connectivity index (χ4n) is 1.57. The van der Waals surface area contributed by atoms with Crippen molar-refractivity contribution < 1.29 is 18.1 Å². The van der Waals surface area contributed by atoms with Gasteiger partial charge in [0.25, 0.3) is 5.69 Å². The van der Waals surface area contributed by atoms with E-state index in [0.29, 0.717) is 0 Å². The maximum absolute atomic E-state index is 12.3. The number of nitro benzene ring substituents is 1. The van der Waals surface area contributed by atoms with Gasteiger partial charge in [-0.1, -0.05) is 35.0 Å². The quantitative estimate of drug-likeness (QED) is 0.352. The van der Waals surface area contributed by atoms with Crippen molar-refractivity contribution >= 4 is 37.2 Å². The Morgan fingerprint density at radius 1 is 1.47 bits per heavy atom. The minimum atomic E-state index is -3.70.